The zero-order valence-electron chi connectivity index (χ0n) is 23.7. The SMILES string of the molecule is Cn1nc2cncc(F)c2c1-c1cn([C@H]2C[C@H](CNc3ccc4c(c3)CN(C3CCC(=O)NC3=O)C4=O)C2)nc1C1CC1. The maximum absolute atomic E-state index is 14.8. The number of halogens is 1. The van der Waals surface area contributed by atoms with Crippen molar-refractivity contribution in [3.8, 4) is 11.3 Å². The van der Waals surface area contributed by atoms with Gasteiger partial charge in [-0.1, -0.05) is 0 Å². The predicted molar refractivity (Wildman–Crippen MR) is 154 cm³/mol. The van der Waals surface area contributed by atoms with Crippen LogP contribution in [-0.4, -0.2) is 59.8 Å². The molecule has 0 radical (unpaired) electrons. The third-order valence-corrected chi connectivity index (χ3v) is 9.38. The van der Waals surface area contributed by atoms with Gasteiger partial charge in [-0.15, -0.1) is 0 Å². The van der Waals surface area contributed by atoms with E-state index in [4.69, 9.17) is 5.10 Å². The lowest BCUT2D eigenvalue weighted by atomic mass is 9.80. The van der Waals surface area contributed by atoms with Crippen LogP contribution in [-0.2, 0) is 23.2 Å². The van der Waals surface area contributed by atoms with Gasteiger partial charge in [0.2, 0.25) is 11.8 Å². The Bertz CT molecular complexity index is 1820. The van der Waals surface area contributed by atoms with Gasteiger partial charge in [-0.05, 0) is 61.8 Å². The molecule has 1 atom stereocenters. The molecular weight excluding hydrogens is 551 g/mol. The number of hydrogen-bond donors (Lipinski definition) is 2. The van der Waals surface area contributed by atoms with E-state index in [-0.39, 0.29) is 30.1 Å². The van der Waals surface area contributed by atoms with Crippen molar-refractivity contribution in [3.05, 3.63) is 59.4 Å². The molecule has 1 saturated heterocycles. The van der Waals surface area contributed by atoms with Crippen molar-refractivity contribution in [2.45, 2.75) is 63.1 Å². The van der Waals surface area contributed by atoms with Gasteiger partial charge in [0, 0.05) is 55.5 Å². The van der Waals surface area contributed by atoms with Crippen molar-refractivity contribution < 1.29 is 18.8 Å². The van der Waals surface area contributed by atoms with Crippen LogP contribution in [0.4, 0.5) is 10.1 Å². The summed E-state index contributed by atoms with van der Waals surface area (Å²) in [6, 6.07) is 5.39. The first-order valence-electron chi connectivity index (χ1n) is 14.9. The summed E-state index contributed by atoms with van der Waals surface area (Å²) >= 11 is 0. The van der Waals surface area contributed by atoms with E-state index in [9.17, 15) is 18.8 Å². The summed E-state index contributed by atoms with van der Waals surface area (Å²) < 4.78 is 18.7. The number of nitrogens with one attached hydrogen (secondary N) is 2. The van der Waals surface area contributed by atoms with Crippen molar-refractivity contribution >= 4 is 34.3 Å². The third kappa shape index (κ3) is 4.38. The van der Waals surface area contributed by atoms with Crippen LogP contribution in [0.3, 0.4) is 0 Å². The highest BCUT2D eigenvalue weighted by molar-refractivity contribution is 6.05. The summed E-state index contributed by atoms with van der Waals surface area (Å²) in [6.45, 7) is 1.16. The van der Waals surface area contributed by atoms with Gasteiger partial charge in [0.05, 0.1) is 35.2 Å². The largest absolute Gasteiger partial charge is 0.385 e. The van der Waals surface area contributed by atoms with Gasteiger partial charge in [0.15, 0.2) is 5.82 Å². The Labute approximate surface area is 246 Å². The van der Waals surface area contributed by atoms with E-state index in [1.165, 1.54) is 6.20 Å². The van der Waals surface area contributed by atoms with Gasteiger partial charge in [-0.3, -0.25) is 34.0 Å². The molecule has 12 heteroatoms. The number of nitrogens with zero attached hydrogens (tertiary/aromatic N) is 6. The molecule has 8 rings (SSSR count). The molecule has 220 valence electrons. The number of piperidine rings is 1. The van der Waals surface area contributed by atoms with Gasteiger partial charge in [-0.25, -0.2) is 4.39 Å². The number of aromatic nitrogens is 5. The number of rotatable bonds is 7. The van der Waals surface area contributed by atoms with Crippen molar-refractivity contribution in [3.63, 3.8) is 0 Å². The highest BCUT2D eigenvalue weighted by Crippen LogP contribution is 2.47. The minimum absolute atomic E-state index is 0.166. The normalized spacial score (nSPS) is 23.4. The second-order valence-electron chi connectivity index (χ2n) is 12.3. The minimum Gasteiger partial charge on any atom is -0.385 e. The van der Waals surface area contributed by atoms with Crippen LogP contribution in [0.25, 0.3) is 22.2 Å². The number of amides is 3. The summed E-state index contributed by atoms with van der Waals surface area (Å²) in [5.74, 6) is -0.354. The predicted octanol–water partition coefficient (Wildman–Crippen LogP) is 3.67. The van der Waals surface area contributed by atoms with E-state index < -0.39 is 11.9 Å². The Hall–Kier alpha value is -4.61. The molecule has 43 heavy (non-hydrogen) atoms. The molecule has 2 N–H and O–H groups in total. The number of anilines is 1. The Balaban J connectivity index is 0.931. The van der Waals surface area contributed by atoms with Crippen LogP contribution >= 0.6 is 0 Å². The van der Waals surface area contributed by atoms with E-state index in [2.05, 4.69) is 31.6 Å². The average Bonchev–Trinajstić information content (AvgIpc) is 3.51. The number of fused-ring (bicyclic) bond motifs is 2. The van der Waals surface area contributed by atoms with E-state index in [0.717, 1.165) is 60.4 Å². The number of benzene rings is 1. The quantitative estimate of drug-likeness (QED) is 0.319. The number of aryl methyl sites for hydroxylation is 1. The zero-order valence-corrected chi connectivity index (χ0v) is 23.7. The van der Waals surface area contributed by atoms with Crippen molar-refractivity contribution in [1.82, 2.24) is 34.8 Å². The molecule has 5 heterocycles. The lowest BCUT2D eigenvalue weighted by molar-refractivity contribution is -0.136. The molecular formula is C31H31FN8O3. The summed E-state index contributed by atoms with van der Waals surface area (Å²) in [7, 11) is 1.84. The topological polar surface area (TPSA) is 127 Å². The van der Waals surface area contributed by atoms with Crippen molar-refractivity contribution in [1.29, 1.82) is 0 Å². The number of pyridine rings is 1. The fourth-order valence-corrected chi connectivity index (χ4v) is 6.88. The standard InChI is InChI=1S/C31H31FN8O3/c1-38-29(27-23(32)12-33-13-24(27)36-38)22-15-40(37-28(22)17-2-3-17)20-8-16(9-20)11-34-19-4-5-21-18(10-19)14-39(31(21)43)25-6-7-26(41)35-30(25)42/h4-5,10,12-13,15-17,20,25,34H,2-3,6-9,11,14H2,1H3,(H,35,41,42)/t16-,20-,25?. The summed E-state index contributed by atoms with van der Waals surface area (Å²) in [6.07, 6.45) is 9.66. The second kappa shape index (κ2) is 9.72. The number of carbonyl (C=O) groups is 3. The van der Waals surface area contributed by atoms with E-state index >= 15 is 0 Å². The monoisotopic (exact) mass is 582 g/mol. The Kier molecular flexibility index (Phi) is 5.89. The highest BCUT2D eigenvalue weighted by Gasteiger charge is 2.39. The molecule has 0 spiro atoms. The molecule has 2 saturated carbocycles. The zero-order chi connectivity index (χ0) is 29.4. The van der Waals surface area contributed by atoms with Crippen LogP contribution in [0.1, 0.15) is 72.1 Å². The Morgan fingerprint density at radius 1 is 1.07 bits per heavy atom. The fourth-order valence-electron chi connectivity index (χ4n) is 6.88. The van der Waals surface area contributed by atoms with Crippen LogP contribution in [0.5, 0.6) is 0 Å². The van der Waals surface area contributed by atoms with Gasteiger partial charge in [-0.2, -0.15) is 10.2 Å². The lowest BCUT2D eigenvalue weighted by Gasteiger charge is -2.35. The van der Waals surface area contributed by atoms with E-state index in [0.29, 0.717) is 41.3 Å². The van der Waals surface area contributed by atoms with Crippen LogP contribution in [0, 0.1) is 11.7 Å². The number of hydrogen-bond acceptors (Lipinski definition) is 7. The van der Waals surface area contributed by atoms with Gasteiger partial charge >= 0.3 is 0 Å². The highest BCUT2D eigenvalue weighted by atomic mass is 19.1. The molecule has 2 aliphatic heterocycles. The van der Waals surface area contributed by atoms with Gasteiger partial charge < -0.3 is 10.2 Å². The molecule has 0 bridgehead atoms. The molecule has 3 amide bonds. The fraction of sp³-hybridized carbons (Fsp3) is 0.419. The van der Waals surface area contributed by atoms with Crippen LogP contribution < -0.4 is 10.6 Å². The second-order valence-corrected chi connectivity index (χ2v) is 12.3. The first kappa shape index (κ1) is 26.1. The first-order chi connectivity index (χ1) is 20.8. The molecule has 2 aliphatic carbocycles. The van der Waals surface area contributed by atoms with E-state index in [1.54, 1.807) is 15.8 Å². The van der Waals surface area contributed by atoms with Gasteiger partial charge in [0.1, 0.15) is 11.6 Å². The molecule has 4 aromatic rings. The maximum Gasteiger partial charge on any atom is 0.255 e. The van der Waals surface area contributed by atoms with E-state index in [1.807, 2.05) is 25.2 Å². The first-order valence-corrected chi connectivity index (χ1v) is 14.9. The van der Waals surface area contributed by atoms with Crippen molar-refractivity contribution in [2.75, 3.05) is 11.9 Å². The van der Waals surface area contributed by atoms with Crippen molar-refractivity contribution in [2.24, 2.45) is 13.0 Å². The molecule has 4 aliphatic rings. The molecule has 3 fully saturated rings. The lowest BCUT2D eigenvalue weighted by Crippen LogP contribution is -2.52. The van der Waals surface area contributed by atoms with Crippen LogP contribution in [0.2, 0.25) is 0 Å². The number of carbonyl (C=O) groups excluding carboxylic acids is 3. The Morgan fingerprint density at radius 3 is 2.70 bits per heavy atom. The van der Waals surface area contributed by atoms with Crippen LogP contribution in [0.15, 0.2) is 36.8 Å². The Morgan fingerprint density at radius 2 is 1.91 bits per heavy atom. The molecule has 3 aromatic heterocycles. The average molecular weight is 583 g/mol. The molecule has 1 aromatic carbocycles. The number of imide groups is 1. The summed E-state index contributed by atoms with van der Waals surface area (Å²) in [5, 5.41) is 15.9. The third-order valence-electron chi connectivity index (χ3n) is 9.38. The minimum atomic E-state index is -0.614. The summed E-state index contributed by atoms with van der Waals surface area (Å²) in [5.41, 5.74) is 5.72. The molecule has 11 nitrogen and oxygen atoms in total. The summed E-state index contributed by atoms with van der Waals surface area (Å²) in [4.78, 5) is 42.4. The molecule has 1 unspecified atom stereocenters. The maximum atomic E-state index is 14.8. The van der Waals surface area contributed by atoms with Gasteiger partial charge in [0.25, 0.3) is 5.91 Å². The smallest absolute Gasteiger partial charge is 0.255 e.